The van der Waals surface area contributed by atoms with Gasteiger partial charge in [-0.15, -0.1) is 0 Å². The lowest BCUT2D eigenvalue weighted by Crippen LogP contribution is -2.23. The summed E-state index contributed by atoms with van der Waals surface area (Å²) in [4.78, 5) is 28.7. The number of carbonyl (C=O) groups is 2. The molecule has 19 heavy (non-hydrogen) atoms. The molecule has 1 atom stereocenters. The Morgan fingerprint density at radius 2 is 2.42 bits per heavy atom. The zero-order valence-corrected chi connectivity index (χ0v) is 11.2. The zero-order valence-electron chi connectivity index (χ0n) is 10.4. The fraction of sp³-hybridized carbons (Fsp3) is 0.583. The normalized spacial score (nSPS) is 22.5. The third-order valence-electron chi connectivity index (χ3n) is 3.31. The van der Waals surface area contributed by atoms with Gasteiger partial charge in [0.25, 0.3) is 5.91 Å². The van der Waals surface area contributed by atoms with Crippen molar-refractivity contribution in [3.8, 4) is 0 Å². The van der Waals surface area contributed by atoms with Crippen molar-refractivity contribution >= 4 is 28.3 Å². The highest BCUT2D eigenvalue weighted by Gasteiger charge is 2.26. The number of thiazole rings is 1. The van der Waals surface area contributed by atoms with Crippen molar-refractivity contribution in [1.29, 1.82) is 0 Å². The number of aryl methyl sites for hydroxylation is 1. The molecule has 1 aromatic heterocycles. The van der Waals surface area contributed by atoms with Crippen LogP contribution in [0.2, 0.25) is 0 Å². The summed E-state index contributed by atoms with van der Waals surface area (Å²) in [7, 11) is 0. The van der Waals surface area contributed by atoms with E-state index < -0.39 is 0 Å². The molecule has 0 radical (unpaired) electrons. The number of amides is 2. The average molecular weight is 281 g/mol. The minimum atomic E-state index is -0.0995. The lowest BCUT2D eigenvalue weighted by molar-refractivity contribution is -0.119. The highest BCUT2D eigenvalue weighted by atomic mass is 32.1. The number of ether oxygens (including phenoxy) is 1. The lowest BCUT2D eigenvalue weighted by atomic mass is 10.1. The summed E-state index contributed by atoms with van der Waals surface area (Å²) in [6.07, 6.45) is 2.40. The first-order valence-electron chi connectivity index (χ1n) is 6.40. The van der Waals surface area contributed by atoms with E-state index in [1.54, 1.807) is 0 Å². The third-order valence-corrected chi connectivity index (χ3v) is 4.32. The van der Waals surface area contributed by atoms with E-state index in [-0.39, 0.29) is 17.7 Å². The number of nitrogens with one attached hydrogen (secondary N) is 2. The van der Waals surface area contributed by atoms with Gasteiger partial charge < -0.3 is 15.4 Å². The van der Waals surface area contributed by atoms with Gasteiger partial charge in [-0.3, -0.25) is 9.59 Å². The number of hydrogen-bond acceptors (Lipinski definition) is 5. The molecule has 0 saturated carbocycles. The fourth-order valence-electron chi connectivity index (χ4n) is 2.24. The summed E-state index contributed by atoms with van der Waals surface area (Å²) in [5, 5.41) is 6.12. The van der Waals surface area contributed by atoms with Crippen molar-refractivity contribution in [2.24, 2.45) is 5.92 Å². The Hall–Kier alpha value is -1.47. The van der Waals surface area contributed by atoms with Gasteiger partial charge in [0.15, 0.2) is 5.13 Å². The minimum absolute atomic E-state index is 0.0678. The van der Waals surface area contributed by atoms with E-state index in [4.69, 9.17) is 4.74 Å². The van der Waals surface area contributed by atoms with Crippen LogP contribution in [0.25, 0.3) is 0 Å². The maximum Gasteiger partial charge on any atom is 0.263 e. The smallest absolute Gasteiger partial charge is 0.263 e. The first kappa shape index (κ1) is 12.6. The Kier molecular flexibility index (Phi) is 3.48. The molecule has 1 fully saturated rings. The summed E-state index contributed by atoms with van der Waals surface area (Å²) in [6.45, 7) is 1.79. The Morgan fingerprint density at radius 1 is 1.53 bits per heavy atom. The monoisotopic (exact) mass is 281 g/mol. The Balaban J connectivity index is 1.73. The van der Waals surface area contributed by atoms with Crippen LogP contribution in [-0.2, 0) is 16.0 Å². The first-order chi connectivity index (χ1) is 9.24. The van der Waals surface area contributed by atoms with Crippen LogP contribution in [0.4, 0.5) is 5.13 Å². The first-order valence-corrected chi connectivity index (χ1v) is 7.22. The van der Waals surface area contributed by atoms with Crippen molar-refractivity contribution in [3.63, 3.8) is 0 Å². The van der Waals surface area contributed by atoms with E-state index in [0.717, 1.165) is 25.0 Å². The second kappa shape index (κ2) is 5.26. The van der Waals surface area contributed by atoms with Gasteiger partial charge in [-0.05, 0) is 19.3 Å². The van der Waals surface area contributed by atoms with E-state index >= 15 is 0 Å². The lowest BCUT2D eigenvalue weighted by Gasteiger charge is -2.06. The van der Waals surface area contributed by atoms with Crippen molar-refractivity contribution in [3.05, 3.63) is 10.6 Å². The van der Waals surface area contributed by atoms with Gasteiger partial charge in [0, 0.05) is 13.2 Å². The minimum Gasteiger partial charge on any atom is -0.381 e. The summed E-state index contributed by atoms with van der Waals surface area (Å²) in [5.74, 6) is -0.256. The molecule has 3 rings (SSSR count). The van der Waals surface area contributed by atoms with Gasteiger partial charge in [0.1, 0.15) is 4.88 Å². The second-order valence-corrected chi connectivity index (χ2v) is 5.70. The number of hydrogen-bond donors (Lipinski definition) is 2. The molecule has 0 spiro atoms. The summed E-state index contributed by atoms with van der Waals surface area (Å²) in [6, 6.07) is 0. The third kappa shape index (κ3) is 2.62. The molecule has 102 valence electrons. The maximum atomic E-state index is 12.0. The molecular formula is C12H15N3O3S. The summed E-state index contributed by atoms with van der Waals surface area (Å²) < 4.78 is 5.19. The van der Waals surface area contributed by atoms with E-state index in [1.807, 2.05) is 0 Å². The van der Waals surface area contributed by atoms with E-state index in [9.17, 15) is 9.59 Å². The van der Waals surface area contributed by atoms with Crippen molar-refractivity contribution < 1.29 is 14.3 Å². The van der Waals surface area contributed by atoms with E-state index in [2.05, 4.69) is 15.6 Å². The van der Waals surface area contributed by atoms with Gasteiger partial charge in [0.2, 0.25) is 5.91 Å². The molecule has 0 unspecified atom stereocenters. The highest BCUT2D eigenvalue weighted by Crippen LogP contribution is 2.26. The topological polar surface area (TPSA) is 80.3 Å². The predicted molar refractivity (Wildman–Crippen MR) is 70.3 cm³/mol. The fourth-order valence-corrected chi connectivity index (χ4v) is 3.17. The molecular weight excluding hydrogens is 266 g/mol. The maximum absolute atomic E-state index is 12.0. The van der Waals surface area contributed by atoms with Crippen LogP contribution in [-0.4, -0.2) is 36.6 Å². The van der Waals surface area contributed by atoms with E-state index in [0.29, 0.717) is 29.8 Å². The van der Waals surface area contributed by atoms with E-state index in [1.165, 1.54) is 11.3 Å². The van der Waals surface area contributed by atoms with Gasteiger partial charge in [-0.1, -0.05) is 11.3 Å². The molecule has 2 aliphatic rings. The molecule has 0 bridgehead atoms. The van der Waals surface area contributed by atoms with Crippen LogP contribution in [0.5, 0.6) is 0 Å². The second-order valence-electron chi connectivity index (χ2n) is 4.70. The number of nitrogens with zero attached hydrogens (tertiary/aromatic N) is 1. The molecule has 2 N–H and O–H groups in total. The Morgan fingerprint density at radius 3 is 3.21 bits per heavy atom. The standard InChI is InChI=1S/C12H15N3O3S/c16-10(7-3-5-18-6-7)15-12-14-8-2-1-4-13-11(17)9(8)19-12/h7H,1-6H2,(H,13,17)(H,14,15,16)/t7-/m1/s1. The molecule has 7 heteroatoms. The van der Waals surface area contributed by atoms with Gasteiger partial charge in [0.05, 0.1) is 18.2 Å². The number of fused-ring (bicyclic) bond motifs is 1. The van der Waals surface area contributed by atoms with Gasteiger partial charge in [-0.25, -0.2) is 4.98 Å². The Labute approximate surface area is 114 Å². The molecule has 3 heterocycles. The predicted octanol–water partition coefficient (Wildman–Crippen LogP) is 0.794. The number of anilines is 1. The zero-order chi connectivity index (χ0) is 13.2. The molecule has 1 saturated heterocycles. The summed E-state index contributed by atoms with van der Waals surface area (Å²) >= 11 is 1.25. The quantitative estimate of drug-likeness (QED) is 0.840. The number of carbonyl (C=O) groups excluding carboxylic acids is 2. The van der Waals surface area contributed by atoms with Crippen LogP contribution in [0.15, 0.2) is 0 Å². The van der Waals surface area contributed by atoms with Crippen LogP contribution >= 0.6 is 11.3 Å². The van der Waals surface area contributed by atoms with Crippen LogP contribution in [0.3, 0.4) is 0 Å². The van der Waals surface area contributed by atoms with Crippen molar-refractivity contribution in [2.45, 2.75) is 19.3 Å². The molecule has 0 aliphatic carbocycles. The molecule has 0 aromatic carbocycles. The van der Waals surface area contributed by atoms with Crippen LogP contribution < -0.4 is 10.6 Å². The van der Waals surface area contributed by atoms with Crippen LogP contribution in [0, 0.1) is 5.92 Å². The van der Waals surface area contributed by atoms with Gasteiger partial charge in [-0.2, -0.15) is 0 Å². The number of rotatable bonds is 2. The molecule has 2 aliphatic heterocycles. The molecule has 6 nitrogen and oxygen atoms in total. The van der Waals surface area contributed by atoms with Crippen LogP contribution in [0.1, 0.15) is 28.2 Å². The highest BCUT2D eigenvalue weighted by molar-refractivity contribution is 7.17. The Bertz CT molecular complexity index is 508. The SMILES string of the molecule is O=C1NCCCc2nc(NC(=O)[C@@H]3CCOC3)sc21. The van der Waals surface area contributed by atoms with Crippen molar-refractivity contribution in [2.75, 3.05) is 25.1 Å². The number of aromatic nitrogens is 1. The van der Waals surface area contributed by atoms with Gasteiger partial charge >= 0.3 is 0 Å². The average Bonchev–Trinajstić information content (AvgIpc) is 3.01. The largest absolute Gasteiger partial charge is 0.381 e. The summed E-state index contributed by atoms with van der Waals surface area (Å²) in [5.41, 5.74) is 0.790. The van der Waals surface area contributed by atoms with Crippen molar-refractivity contribution in [1.82, 2.24) is 10.3 Å². The molecule has 2 amide bonds. The molecule has 1 aromatic rings.